The Morgan fingerprint density at radius 1 is 1.14 bits per heavy atom. The van der Waals surface area contributed by atoms with Gasteiger partial charge in [0, 0.05) is 46.0 Å². The van der Waals surface area contributed by atoms with Crippen LogP contribution < -0.4 is 4.90 Å². The van der Waals surface area contributed by atoms with Crippen molar-refractivity contribution in [3.05, 3.63) is 77.0 Å². The number of nitrogens with zero attached hydrogens (tertiary/aromatic N) is 3. The van der Waals surface area contributed by atoms with Crippen LogP contribution in [0.5, 0.6) is 0 Å². The largest absolute Gasteiger partial charge is 0.440 e. The Hall–Kier alpha value is -3.13. The van der Waals surface area contributed by atoms with Gasteiger partial charge < -0.3 is 19.4 Å². The number of hydrogen-bond acceptors (Lipinski definition) is 4. The van der Waals surface area contributed by atoms with Crippen LogP contribution in [-0.2, 0) is 16.0 Å². The first kappa shape index (κ1) is 32.8. The molecule has 2 amide bonds. The molecule has 2 aromatic carbocycles. The SMILES string of the molecule is C=COC(F)(F)C(C(=O)N1CCC(C)(CC2CCN(c3ccc(C(=O)N(C)C)c(Cl)c3)CC2)CC1)c1cccc(CC)c1. The molecule has 0 spiro atoms. The quantitative estimate of drug-likeness (QED) is 0.262. The number of hydrogen-bond donors (Lipinski definition) is 0. The van der Waals surface area contributed by atoms with Gasteiger partial charge in [0.05, 0.1) is 16.8 Å². The third kappa shape index (κ3) is 7.69. The molecule has 1 unspecified atom stereocenters. The molecule has 0 aromatic heterocycles. The Balaban J connectivity index is 1.35. The predicted molar refractivity (Wildman–Crippen MR) is 168 cm³/mol. The Labute approximate surface area is 259 Å². The summed E-state index contributed by atoms with van der Waals surface area (Å²) in [4.78, 5) is 31.3. The first-order chi connectivity index (χ1) is 20.4. The van der Waals surface area contributed by atoms with E-state index in [0.29, 0.717) is 42.3 Å². The third-order valence-corrected chi connectivity index (χ3v) is 9.46. The summed E-state index contributed by atoms with van der Waals surface area (Å²) in [6, 6.07) is 12.5. The van der Waals surface area contributed by atoms with Crippen molar-refractivity contribution in [1.82, 2.24) is 9.80 Å². The molecule has 9 heteroatoms. The minimum atomic E-state index is -3.70. The van der Waals surface area contributed by atoms with E-state index < -0.39 is 17.9 Å². The summed E-state index contributed by atoms with van der Waals surface area (Å²) in [6.45, 7) is 10.2. The van der Waals surface area contributed by atoms with Gasteiger partial charge in [-0.15, -0.1) is 0 Å². The summed E-state index contributed by atoms with van der Waals surface area (Å²) in [5.41, 5.74) is 2.71. The van der Waals surface area contributed by atoms with E-state index >= 15 is 8.78 Å². The number of halogens is 3. The van der Waals surface area contributed by atoms with Gasteiger partial charge in [-0.25, -0.2) is 0 Å². The fourth-order valence-corrected chi connectivity index (χ4v) is 6.77. The molecule has 2 aliphatic rings. The van der Waals surface area contributed by atoms with Crippen LogP contribution in [0.4, 0.5) is 14.5 Å². The minimum absolute atomic E-state index is 0.0405. The fraction of sp³-hybridized carbons (Fsp3) is 0.529. The fourth-order valence-electron chi connectivity index (χ4n) is 6.51. The van der Waals surface area contributed by atoms with Gasteiger partial charge in [0.15, 0.2) is 5.92 Å². The lowest BCUT2D eigenvalue weighted by Crippen LogP contribution is -2.48. The topological polar surface area (TPSA) is 53.1 Å². The molecule has 0 aliphatic carbocycles. The van der Waals surface area contributed by atoms with E-state index in [2.05, 4.69) is 23.1 Å². The number of alkyl halides is 2. The zero-order valence-electron chi connectivity index (χ0n) is 25.8. The molecule has 1 atom stereocenters. The molecular weight excluding hydrogens is 572 g/mol. The average molecular weight is 616 g/mol. The summed E-state index contributed by atoms with van der Waals surface area (Å²) in [6.07, 6.45) is 2.34. The number of carbonyl (C=O) groups excluding carboxylic acids is 2. The van der Waals surface area contributed by atoms with Gasteiger partial charge in [0.2, 0.25) is 5.91 Å². The van der Waals surface area contributed by atoms with Crippen molar-refractivity contribution in [3.63, 3.8) is 0 Å². The molecule has 0 N–H and O–H groups in total. The molecule has 6 nitrogen and oxygen atoms in total. The van der Waals surface area contributed by atoms with E-state index in [9.17, 15) is 9.59 Å². The second-order valence-electron chi connectivity index (χ2n) is 12.5. The molecule has 2 aromatic rings. The van der Waals surface area contributed by atoms with Crippen LogP contribution in [0.25, 0.3) is 0 Å². The van der Waals surface area contributed by atoms with Gasteiger partial charge in [0.25, 0.3) is 5.91 Å². The number of aryl methyl sites for hydroxylation is 1. The van der Waals surface area contributed by atoms with Crippen molar-refractivity contribution >= 4 is 29.1 Å². The third-order valence-electron chi connectivity index (χ3n) is 9.15. The number of carbonyl (C=O) groups is 2. The number of anilines is 1. The summed E-state index contributed by atoms with van der Waals surface area (Å²) in [7, 11) is 3.42. The molecule has 2 saturated heterocycles. The highest BCUT2D eigenvalue weighted by Crippen LogP contribution is 2.43. The van der Waals surface area contributed by atoms with E-state index in [1.807, 2.05) is 25.1 Å². The minimum Gasteiger partial charge on any atom is -0.440 e. The van der Waals surface area contributed by atoms with Crippen LogP contribution in [0.2, 0.25) is 5.02 Å². The van der Waals surface area contributed by atoms with Crippen molar-refractivity contribution in [1.29, 1.82) is 0 Å². The molecule has 2 fully saturated rings. The van der Waals surface area contributed by atoms with Crippen LogP contribution in [0.3, 0.4) is 0 Å². The first-order valence-corrected chi connectivity index (χ1v) is 15.6. The van der Waals surface area contributed by atoms with E-state index in [0.717, 1.165) is 56.4 Å². The monoisotopic (exact) mass is 615 g/mol. The lowest BCUT2D eigenvalue weighted by atomic mass is 9.71. The van der Waals surface area contributed by atoms with Crippen LogP contribution >= 0.6 is 11.6 Å². The lowest BCUT2D eigenvalue weighted by Gasteiger charge is -2.44. The number of rotatable bonds is 10. The number of likely N-dealkylation sites (tertiary alicyclic amines) is 1. The molecule has 234 valence electrons. The van der Waals surface area contributed by atoms with Gasteiger partial charge in [-0.3, -0.25) is 9.59 Å². The highest BCUT2D eigenvalue weighted by Gasteiger charge is 2.50. The van der Waals surface area contributed by atoms with Gasteiger partial charge >= 0.3 is 6.11 Å². The van der Waals surface area contributed by atoms with Crippen molar-refractivity contribution in [2.75, 3.05) is 45.2 Å². The Kier molecular flexibility index (Phi) is 10.4. The predicted octanol–water partition coefficient (Wildman–Crippen LogP) is 7.38. The number of ether oxygens (including phenoxy) is 1. The van der Waals surface area contributed by atoms with Gasteiger partial charge in [-0.2, -0.15) is 8.78 Å². The molecule has 0 radical (unpaired) electrons. The van der Waals surface area contributed by atoms with E-state index in [4.69, 9.17) is 11.6 Å². The van der Waals surface area contributed by atoms with Crippen molar-refractivity contribution < 1.29 is 23.1 Å². The number of piperidine rings is 2. The second kappa shape index (κ2) is 13.7. The van der Waals surface area contributed by atoms with Crippen LogP contribution in [0.15, 0.2) is 55.3 Å². The van der Waals surface area contributed by atoms with Gasteiger partial charge in [-0.05, 0) is 79.2 Å². The molecule has 0 saturated carbocycles. The number of benzene rings is 2. The van der Waals surface area contributed by atoms with Gasteiger partial charge in [-0.1, -0.05) is 56.3 Å². The highest BCUT2D eigenvalue weighted by atomic mass is 35.5. The maximum absolute atomic E-state index is 15.2. The number of amides is 2. The smallest absolute Gasteiger partial charge is 0.413 e. The molecule has 0 bridgehead atoms. The Bertz CT molecular complexity index is 1300. The summed E-state index contributed by atoms with van der Waals surface area (Å²) >= 11 is 6.45. The molecule has 2 heterocycles. The summed E-state index contributed by atoms with van der Waals surface area (Å²) in [5.74, 6) is -1.90. The summed E-state index contributed by atoms with van der Waals surface area (Å²) in [5, 5.41) is 0.460. The Morgan fingerprint density at radius 2 is 1.81 bits per heavy atom. The first-order valence-electron chi connectivity index (χ1n) is 15.2. The van der Waals surface area contributed by atoms with Crippen molar-refractivity contribution in [2.24, 2.45) is 11.3 Å². The normalized spacial score (nSPS) is 18.2. The maximum atomic E-state index is 15.2. The lowest BCUT2D eigenvalue weighted by molar-refractivity contribution is -0.223. The van der Waals surface area contributed by atoms with Crippen LogP contribution in [0, 0.1) is 11.3 Å². The van der Waals surface area contributed by atoms with E-state index in [1.54, 1.807) is 43.3 Å². The zero-order chi connectivity index (χ0) is 31.4. The van der Waals surface area contributed by atoms with E-state index in [1.165, 1.54) is 4.90 Å². The van der Waals surface area contributed by atoms with Crippen LogP contribution in [0.1, 0.15) is 73.4 Å². The van der Waals surface area contributed by atoms with E-state index in [-0.39, 0.29) is 16.9 Å². The van der Waals surface area contributed by atoms with Crippen molar-refractivity contribution in [2.45, 2.75) is 64.4 Å². The van der Waals surface area contributed by atoms with Gasteiger partial charge in [0.1, 0.15) is 0 Å². The molecule has 43 heavy (non-hydrogen) atoms. The van der Waals surface area contributed by atoms with Crippen molar-refractivity contribution in [3.8, 4) is 0 Å². The second-order valence-corrected chi connectivity index (χ2v) is 12.9. The standard InChI is InChI=1S/C34H44ClF2N3O3/c1-6-24-9-8-10-26(21-24)30(34(36,37)43-7-2)32(42)40-19-15-33(3,16-20-40)23-25-13-17-39(18-14-25)27-11-12-28(29(35)22-27)31(41)38(4)5/h7-12,21-22,25,30H,2,6,13-20,23H2,1,3-5H3. The Morgan fingerprint density at radius 3 is 2.40 bits per heavy atom. The summed E-state index contributed by atoms with van der Waals surface area (Å²) < 4.78 is 34.9. The highest BCUT2D eigenvalue weighted by molar-refractivity contribution is 6.34. The van der Waals surface area contributed by atoms with Crippen LogP contribution in [-0.4, -0.2) is 68.0 Å². The maximum Gasteiger partial charge on any atom is 0.413 e. The molecular formula is C34H44ClF2N3O3. The average Bonchev–Trinajstić information content (AvgIpc) is 2.97. The molecule has 2 aliphatic heterocycles. The molecule has 4 rings (SSSR count). The zero-order valence-corrected chi connectivity index (χ0v) is 26.5.